The number of carbonyl (C=O) groups is 1. The molecule has 0 saturated carbocycles. The van der Waals surface area contributed by atoms with Crippen LogP contribution in [0.4, 0.5) is 5.69 Å². The summed E-state index contributed by atoms with van der Waals surface area (Å²) in [6.07, 6.45) is 3.56. The number of hydrogen-bond acceptors (Lipinski definition) is 4. The van der Waals surface area contributed by atoms with Crippen molar-refractivity contribution in [3.05, 3.63) is 42.2 Å². The Labute approximate surface area is 111 Å². The van der Waals surface area contributed by atoms with Crippen LogP contribution in [0.25, 0.3) is 0 Å². The molecule has 0 aliphatic carbocycles. The van der Waals surface area contributed by atoms with E-state index in [1.54, 1.807) is 35.1 Å². The number of nitrogen functional groups attached to an aromatic ring is 1. The number of aromatic nitrogens is 2. The van der Waals surface area contributed by atoms with Gasteiger partial charge < -0.3 is 15.8 Å². The largest absolute Gasteiger partial charge is 0.484 e. The van der Waals surface area contributed by atoms with E-state index in [1.165, 1.54) is 0 Å². The molecule has 1 amide bonds. The highest BCUT2D eigenvalue weighted by molar-refractivity contribution is 5.77. The average molecular weight is 260 g/mol. The van der Waals surface area contributed by atoms with Crippen LogP contribution in [0.2, 0.25) is 0 Å². The van der Waals surface area contributed by atoms with Crippen LogP contribution in [0.3, 0.4) is 0 Å². The van der Waals surface area contributed by atoms with Gasteiger partial charge in [-0.3, -0.25) is 9.48 Å². The van der Waals surface area contributed by atoms with Gasteiger partial charge in [-0.1, -0.05) is 0 Å². The first-order valence-corrected chi connectivity index (χ1v) is 5.86. The Balaban J connectivity index is 1.74. The summed E-state index contributed by atoms with van der Waals surface area (Å²) >= 11 is 0. The molecule has 0 aliphatic heterocycles. The number of carbonyl (C=O) groups excluding carboxylic acids is 1. The summed E-state index contributed by atoms with van der Waals surface area (Å²) in [5.41, 5.74) is 7.16. The van der Waals surface area contributed by atoms with Crippen LogP contribution in [0.1, 0.15) is 5.56 Å². The third kappa shape index (κ3) is 4.02. The van der Waals surface area contributed by atoms with E-state index in [2.05, 4.69) is 10.4 Å². The molecule has 0 saturated heterocycles. The van der Waals surface area contributed by atoms with E-state index < -0.39 is 0 Å². The maximum absolute atomic E-state index is 11.6. The molecule has 1 heterocycles. The maximum Gasteiger partial charge on any atom is 0.258 e. The Kier molecular flexibility index (Phi) is 4.02. The zero-order valence-corrected chi connectivity index (χ0v) is 10.7. The number of amides is 1. The average Bonchev–Trinajstić information content (AvgIpc) is 2.81. The number of benzene rings is 1. The molecular formula is C13H16N4O2. The van der Waals surface area contributed by atoms with Crippen molar-refractivity contribution in [1.82, 2.24) is 15.1 Å². The van der Waals surface area contributed by atoms with Gasteiger partial charge in [-0.05, 0) is 24.3 Å². The standard InChI is InChI=1S/C13H16N4O2/c1-17-8-10(7-16-17)6-15-13(18)9-19-12-4-2-11(14)3-5-12/h2-5,7-8H,6,9,14H2,1H3,(H,15,18). The van der Waals surface area contributed by atoms with Crippen LogP contribution in [0.15, 0.2) is 36.7 Å². The second-order valence-corrected chi connectivity index (χ2v) is 4.16. The Morgan fingerprint density at radius 3 is 2.79 bits per heavy atom. The molecule has 100 valence electrons. The summed E-state index contributed by atoms with van der Waals surface area (Å²) in [6.45, 7) is 0.419. The van der Waals surface area contributed by atoms with Crippen molar-refractivity contribution in [3.63, 3.8) is 0 Å². The van der Waals surface area contributed by atoms with Crippen molar-refractivity contribution in [3.8, 4) is 5.75 Å². The quantitative estimate of drug-likeness (QED) is 0.775. The van der Waals surface area contributed by atoms with Crippen molar-refractivity contribution < 1.29 is 9.53 Å². The van der Waals surface area contributed by atoms with E-state index in [0.29, 0.717) is 18.0 Å². The number of nitrogens with zero attached hydrogens (tertiary/aromatic N) is 2. The van der Waals surface area contributed by atoms with Crippen LogP contribution in [-0.4, -0.2) is 22.3 Å². The summed E-state index contributed by atoms with van der Waals surface area (Å²) in [6, 6.07) is 6.90. The molecule has 0 unspecified atom stereocenters. The van der Waals surface area contributed by atoms with Gasteiger partial charge in [0.1, 0.15) is 5.75 Å². The predicted molar refractivity (Wildman–Crippen MR) is 71.4 cm³/mol. The van der Waals surface area contributed by atoms with Crippen LogP contribution < -0.4 is 15.8 Å². The van der Waals surface area contributed by atoms with Crippen LogP contribution in [-0.2, 0) is 18.4 Å². The Bertz CT molecular complexity index is 548. The number of nitrogens with two attached hydrogens (primary N) is 1. The predicted octanol–water partition coefficient (Wildman–Crippen LogP) is 0.697. The molecule has 0 aliphatic rings. The van der Waals surface area contributed by atoms with Crippen molar-refractivity contribution in [2.24, 2.45) is 7.05 Å². The molecule has 2 aromatic rings. The van der Waals surface area contributed by atoms with Gasteiger partial charge in [-0.2, -0.15) is 5.10 Å². The third-order valence-electron chi connectivity index (χ3n) is 2.50. The Morgan fingerprint density at radius 2 is 2.16 bits per heavy atom. The molecule has 6 nitrogen and oxygen atoms in total. The lowest BCUT2D eigenvalue weighted by atomic mass is 10.3. The van der Waals surface area contributed by atoms with E-state index in [9.17, 15) is 4.79 Å². The zero-order chi connectivity index (χ0) is 13.7. The molecular weight excluding hydrogens is 244 g/mol. The number of rotatable bonds is 5. The topological polar surface area (TPSA) is 82.2 Å². The summed E-state index contributed by atoms with van der Waals surface area (Å²) in [5.74, 6) is 0.436. The van der Waals surface area contributed by atoms with Crippen molar-refractivity contribution >= 4 is 11.6 Å². The molecule has 0 bridgehead atoms. The van der Waals surface area contributed by atoms with Gasteiger partial charge in [0.2, 0.25) is 0 Å². The lowest BCUT2D eigenvalue weighted by Crippen LogP contribution is -2.28. The minimum atomic E-state index is -0.180. The first kappa shape index (κ1) is 12.9. The van der Waals surface area contributed by atoms with Crippen molar-refractivity contribution in [1.29, 1.82) is 0 Å². The third-order valence-corrected chi connectivity index (χ3v) is 2.50. The first-order chi connectivity index (χ1) is 9.13. The smallest absolute Gasteiger partial charge is 0.258 e. The van der Waals surface area contributed by atoms with Gasteiger partial charge in [0.25, 0.3) is 5.91 Å². The number of anilines is 1. The minimum Gasteiger partial charge on any atom is -0.484 e. The van der Waals surface area contributed by atoms with Gasteiger partial charge in [-0.25, -0.2) is 0 Å². The molecule has 0 spiro atoms. The van der Waals surface area contributed by atoms with Gasteiger partial charge in [-0.15, -0.1) is 0 Å². The van der Waals surface area contributed by atoms with Crippen LogP contribution in [0.5, 0.6) is 5.75 Å². The second kappa shape index (κ2) is 5.90. The highest BCUT2D eigenvalue weighted by atomic mass is 16.5. The zero-order valence-electron chi connectivity index (χ0n) is 10.7. The van der Waals surface area contributed by atoms with Gasteiger partial charge in [0.15, 0.2) is 6.61 Å². The number of aryl methyl sites for hydroxylation is 1. The summed E-state index contributed by atoms with van der Waals surface area (Å²) in [5, 5.41) is 6.77. The molecule has 1 aromatic carbocycles. The molecule has 0 atom stereocenters. The molecule has 6 heteroatoms. The van der Waals surface area contributed by atoms with E-state index >= 15 is 0 Å². The number of nitrogens with one attached hydrogen (secondary N) is 1. The Hall–Kier alpha value is -2.50. The molecule has 0 fully saturated rings. The summed E-state index contributed by atoms with van der Waals surface area (Å²) in [4.78, 5) is 11.6. The highest BCUT2D eigenvalue weighted by Crippen LogP contribution is 2.12. The fourth-order valence-corrected chi connectivity index (χ4v) is 1.53. The van der Waals surface area contributed by atoms with E-state index in [4.69, 9.17) is 10.5 Å². The molecule has 2 rings (SSSR count). The maximum atomic E-state index is 11.6. The van der Waals surface area contributed by atoms with Gasteiger partial charge in [0, 0.05) is 31.0 Å². The number of hydrogen-bond donors (Lipinski definition) is 2. The van der Waals surface area contributed by atoms with E-state index in [1.807, 2.05) is 13.2 Å². The lowest BCUT2D eigenvalue weighted by molar-refractivity contribution is -0.123. The lowest BCUT2D eigenvalue weighted by Gasteiger charge is -2.06. The monoisotopic (exact) mass is 260 g/mol. The highest BCUT2D eigenvalue weighted by Gasteiger charge is 2.03. The summed E-state index contributed by atoms with van der Waals surface area (Å²) in [7, 11) is 1.83. The van der Waals surface area contributed by atoms with Crippen LogP contribution in [0, 0.1) is 0 Å². The molecule has 0 radical (unpaired) electrons. The van der Waals surface area contributed by atoms with Crippen LogP contribution >= 0.6 is 0 Å². The summed E-state index contributed by atoms with van der Waals surface area (Å²) < 4.78 is 7.01. The minimum absolute atomic E-state index is 0.0236. The van der Waals surface area contributed by atoms with Gasteiger partial charge in [0.05, 0.1) is 6.20 Å². The normalized spacial score (nSPS) is 10.2. The second-order valence-electron chi connectivity index (χ2n) is 4.16. The molecule has 3 N–H and O–H groups in total. The molecule has 19 heavy (non-hydrogen) atoms. The Morgan fingerprint density at radius 1 is 1.42 bits per heavy atom. The van der Waals surface area contributed by atoms with E-state index in [-0.39, 0.29) is 12.5 Å². The van der Waals surface area contributed by atoms with Gasteiger partial charge >= 0.3 is 0 Å². The van der Waals surface area contributed by atoms with Crippen molar-refractivity contribution in [2.75, 3.05) is 12.3 Å². The van der Waals surface area contributed by atoms with Crippen molar-refractivity contribution in [2.45, 2.75) is 6.54 Å². The fraction of sp³-hybridized carbons (Fsp3) is 0.231. The fourth-order valence-electron chi connectivity index (χ4n) is 1.53. The first-order valence-electron chi connectivity index (χ1n) is 5.86. The SMILES string of the molecule is Cn1cc(CNC(=O)COc2ccc(N)cc2)cn1. The molecule has 1 aromatic heterocycles. The van der Waals surface area contributed by atoms with E-state index in [0.717, 1.165) is 5.56 Å². The number of ether oxygens (including phenoxy) is 1.